The van der Waals surface area contributed by atoms with E-state index in [9.17, 15) is 4.79 Å². The highest BCUT2D eigenvalue weighted by molar-refractivity contribution is 5.82. The van der Waals surface area contributed by atoms with Gasteiger partial charge in [-0.15, -0.1) is 22.5 Å². The van der Waals surface area contributed by atoms with Gasteiger partial charge in [0.15, 0.2) is 5.66 Å². The number of hydrogen-bond donors (Lipinski definition) is 1. The molecule has 1 aromatic heterocycles. The van der Waals surface area contributed by atoms with Crippen molar-refractivity contribution in [3.05, 3.63) is 11.6 Å². The molecule has 1 N–H and O–H groups in total. The Morgan fingerprint density at radius 2 is 2.26 bits per heavy atom. The number of rotatable bonds is 7. The number of aryl methyl sites for hydroxylation is 1. The van der Waals surface area contributed by atoms with Crippen LogP contribution in [0.1, 0.15) is 56.6 Å². The number of aromatic nitrogens is 3. The SMILES string of the molecule is C#CCCC1(CCNC(=O)C2CCCn3c(CC)nnc32)N=N1. The minimum Gasteiger partial charge on any atom is -0.355 e. The lowest BCUT2D eigenvalue weighted by molar-refractivity contribution is -0.123. The van der Waals surface area contributed by atoms with Crippen LogP contribution in [-0.4, -0.2) is 32.9 Å². The van der Waals surface area contributed by atoms with Crippen molar-refractivity contribution in [3.63, 3.8) is 0 Å². The van der Waals surface area contributed by atoms with Crippen molar-refractivity contribution in [3.8, 4) is 12.3 Å². The average Bonchev–Trinajstić information content (AvgIpc) is 3.21. The molecule has 0 aliphatic carbocycles. The van der Waals surface area contributed by atoms with Crippen molar-refractivity contribution in [2.45, 2.75) is 63.6 Å². The van der Waals surface area contributed by atoms with E-state index in [4.69, 9.17) is 6.42 Å². The number of carbonyl (C=O) groups is 1. The van der Waals surface area contributed by atoms with E-state index in [0.29, 0.717) is 19.4 Å². The molecule has 2 aliphatic heterocycles. The van der Waals surface area contributed by atoms with Crippen LogP contribution in [-0.2, 0) is 17.8 Å². The lowest BCUT2D eigenvalue weighted by Gasteiger charge is -2.23. The Morgan fingerprint density at radius 3 is 2.96 bits per heavy atom. The molecule has 0 bridgehead atoms. The van der Waals surface area contributed by atoms with Crippen molar-refractivity contribution in [1.82, 2.24) is 20.1 Å². The molecule has 7 nitrogen and oxygen atoms in total. The van der Waals surface area contributed by atoms with E-state index in [0.717, 1.165) is 43.9 Å². The first-order valence-electron chi connectivity index (χ1n) is 8.26. The number of terminal acetylenes is 1. The molecule has 1 atom stereocenters. The van der Waals surface area contributed by atoms with E-state index in [2.05, 4.69) is 43.2 Å². The van der Waals surface area contributed by atoms with Gasteiger partial charge in [0.05, 0.1) is 5.92 Å². The molecule has 0 saturated carbocycles. The van der Waals surface area contributed by atoms with Gasteiger partial charge in [0.25, 0.3) is 0 Å². The summed E-state index contributed by atoms with van der Waals surface area (Å²) < 4.78 is 2.09. The van der Waals surface area contributed by atoms with Gasteiger partial charge in [-0.3, -0.25) is 4.79 Å². The molecule has 23 heavy (non-hydrogen) atoms. The number of nitrogens with one attached hydrogen (secondary N) is 1. The van der Waals surface area contributed by atoms with E-state index in [-0.39, 0.29) is 17.5 Å². The zero-order valence-electron chi connectivity index (χ0n) is 13.5. The molecule has 0 fully saturated rings. The Balaban J connectivity index is 1.54. The molecule has 3 rings (SSSR count). The molecule has 1 amide bonds. The first kappa shape index (κ1) is 15.7. The van der Waals surface area contributed by atoms with Crippen LogP contribution in [0.3, 0.4) is 0 Å². The Bertz CT molecular complexity index is 650. The second kappa shape index (κ2) is 6.49. The highest BCUT2D eigenvalue weighted by Crippen LogP contribution is 2.36. The maximum absolute atomic E-state index is 12.5. The molecule has 0 aromatic carbocycles. The Hall–Kier alpha value is -2.23. The zero-order valence-corrected chi connectivity index (χ0v) is 13.5. The van der Waals surface area contributed by atoms with Gasteiger partial charge in [0.2, 0.25) is 5.91 Å². The summed E-state index contributed by atoms with van der Waals surface area (Å²) in [5, 5.41) is 19.6. The lowest BCUT2D eigenvalue weighted by Crippen LogP contribution is -2.35. The zero-order chi connectivity index (χ0) is 16.3. The summed E-state index contributed by atoms with van der Waals surface area (Å²) >= 11 is 0. The molecule has 0 saturated heterocycles. The largest absolute Gasteiger partial charge is 0.355 e. The molecular formula is C16H22N6O. The van der Waals surface area contributed by atoms with Crippen molar-refractivity contribution < 1.29 is 4.79 Å². The third kappa shape index (κ3) is 3.26. The van der Waals surface area contributed by atoms with E-state index < -0.39 is 0 Å². The van der Waals surface area contributed by atoms with E-state index >= 15 is 0 Å². The quantitative estimate of drug-likeness (QED) is 0.779. The predicted octanol–water partition coefficient (Wildman–Crippen LogP) is 1.80. The van der Waals surface area contributed by atoms with Crippen LogP contribution in [0.2, 0.25) is 0 Å². The number of hydrogen-bond acceptors (Lipinski definition) is 5. The number of nitrogens with zero attached hydrogens (tertiary/aromatic N) is 5. The highest BCUT2D eigenvalue weighted by Gasteiger charge is 2.39. The molecule has 0 radical (unpaired) electrons. The van der Waals surface area contributed by atoms with Crippen LogP contribution in [0.5, 0.6) is 0 Å². The molecule has 1 aromatic rings. The molecule has 1 unspecified atom stereocenters. The standard InChI is InChI=1S/C16H22N6O/c1-3-5-8-16(20-21-16)9-10-17-15(23)12-7-6-11-22-13(4-2)18-19-14(12)22/h1,12H,4-11H2,2H3,(H,17,23). The number of fused-ring (bicyclic) bond motifs is 1. The lowest BCUT2D eigenvalue weighted by atomic mass is 9.97. The summed E-state index contributed by atoms with van der Waals surface area (Å²) in [6.07, 6.45) is 10.0. The van der Waals surface area contributed by atoms with Crippen molar-refractivity contribution in [2.75, 3.05) is 6.54 Å². The highest BCUT2D eigenvalue weighted by atomic mass is 16.1. The van der Waals surface area contributed by atoms with Gasteiger partial charge < -0.3 is 9.88 Å². The summed E-state index contributed by atoms with van der Waals surface area (Å²) in [7, 11) is 0. The topological polar surface area (TPSA) is 84.5 Å². The summed E-state index contributed by atoms with van der Waals surface area (Å²) in [4.78, 5) is 12.5. The second-order valence-electron chi connectivity index (χ2n) is 6.10. The first-order valence-corrected chi connectivity index (χ1v) is 8.26. The molecular weight excluding hydrogens is 292 g/mol. The van der Waals surface area contributed by atoms with Crippen LogP contribution in [0.15, 0.2) is 10.2 Å². The van der Waals surface area contributed by atoms with E-state index in [1.165, 1.54) is 0 Å². The van der Waals surface area contributed by atoms with E-state index in [1.807, 2.05) is 0 Å². The van der Waals surface area contributed by atoms with Crippen LogP contribution in [0, 0.1) is 12.3 Å². The van der Waals surface area contributed by atoms with Gasteiger partial charge >= 0.3 is 0 Å². The Kier molecular flexibility index (Phi) is 4.42. The van der Waals surface area contributed by atoms with Crippen LogP contribution in [0.25, 0.3) is 0 Å². The average molecular weight is 314 g/mol. The molecule has 2 aliphatic rings. The molecule has 122 valence electrons. The predicted molar refractivity (Wildman–Crippen MR) is 84.7 cm³/mol. The van der Waals surface area contributed by atoms with Crippen LogP contribution in [0.4, 0.5) is 0 Å². The second-order valence-corrected chi connectivity index (χ2v) is 6.10. The van der Waals surface area contributed by atoms with Gasteiger partial charge in [-0.1, -0.05) is 6.92 Å². The molecule has 7 heteroatoms. The first-order chi connectivity index (χ1) is 11.2. The summed E-state index contributed by atoms with van der Waals surface area (Å²) in [5.41, 5.74) is -0.346. The maximum Gasteiger partial charge on any atom is 0.230 e. The van der Waals surface area contributed by atoms with Gasteiger partial charge in [0, 0.05) is 38.8 Å². The van der Waals surface area contributed by atoms with Crippen LogP contribution < -0.4 is 5.32 Å². The van der Waals surface area contributed by atoms with Crippen molar-refractivity contribution >= 4 is 5.91 Å². The third-order valence-corrected chi connectivity index (χ3v) is 4.55. The monoisotopic (exact) mass is 314 g/mol. The molecule has 3 heterocycles. The summed E-state index contributed by atoms with van der Waals surface area (Å²) in [5.74, 6) is 4.19. The van der Waals surface area contributed by atoms with E-state index in [1.54, 1.807) is 0 Å². The third-order valence-electron chi connectivity index (χ3n) is 4.55. The number of amides is 1. The van der Waals surface area contributed by atoms with Crippen molar-refractivity contribution in [1.29, 1.82) is 0 Å². The van der Waals surface area contributed by atoms with Gasteiger partial charge in [-0.2, -0.15) is 10.2 Å². The van der Waals surface area contributed by atoms with Gasteiger partial charge in [-0.05, 0) is 12.8 Å². The fourth-order valence-corrected chi connectivity index (χ4v) is 3.12. The van der Waals surface area contributed by atoms with Gasteiger partial charge in [0.1, 0.15) is 11.6 Å². The Morgan fingerprint density at radius 1 is 1.43 bits per heavy atom. The Labute approximate surface area is 136 Å². The smallest absolute Gasteiger partial charge is 0.230 e. The molecule has 0 spiro atoms. The minimum atomic E-state index is -0.346. The fraction of sp³-hybridized carbons (Fsp3) is 0.688. The normalized spacial score (nSPS) is 20.6. The fourth-order valence-electron chi connectivity index (χ4n) is 3.12. The van der Waals surface area contributed by atoms with Gasteiger partial charge in [-0.25, -0.2) is 0 Å². The summed E-state index contributed by atoms with van der Waals surface area (Å²) in [6.45, 7) is 3.52. The van der Waals surface area contributed by atoms with Crippen LogP contribution >= 0.6 is 0 Å². The maximum atomic E-state index is 12.5. The summed E-state index contributed by atoms with van der Waals surface area (Å²) in [6, 6.07) is 0. The van der Waals surface area contributed by atoms with Crippen molar-refractivity contribution in [2.24, 2.45) is 10.2 Å². The number of carbonyl (C=O) groups excluding carboxylic acids is 1. The minimum absolute atomic E-state index is 0.0220.